The SMILES string of the molecule is COC[C@H](c1cnn2cc([C@@H](N)COC(C)(C)C(F)(F)F)nc2c1)C(C(N)=O)C1CC(F)(F)C1. The predicted molar refractivity (Wildman–Crippen MR) is 111 cm³/mol. The zero-order valence-corrected chi connectivity index (χ0v) is 19.0. The number of methoxy groups -OCH3 is 1. The van der Waals surface area contributed by atoms with Gasteiger partial charge in [-0.3, -0.25) is 4.79 Å². The van der Waals surface area contributed by atoms with Crippen molar-refractivity contribution in [2.24, 2.45) is 23.3 Å². The van der Waals surface area contributed by atoms with Gasteiger partial charge in [0, 0.05) is 25.9 Å². The average Bonchev–Trinajstić information content (AvgIpc) is 3.12. The topological polar surface area (TPSA) is 118 Å². The van der Waals surface area contributed by atoms with Crippen LogP contribution < -0.4 is 11.5 Å². The molecule has 0 aliphatic heterocycles. The number of alkyl halides is 5. The van der Waals surface area contributed by atoms with Crippen molar-refractivity contribution in [1.29, 1.82) is 0 Å². The molecule has 1 unspecified atom stereocenters. The molecular formula is C21H28F5N5O3. The molecule has 1 amide bonds. The van der Waals surface area contributed by atoms with E-state index in [1.54, 1.807) is 6.07 Å². The number of nitrogens with zero attached hydrogens (tertiary/aromatic N) is 3. The highest BCUT2D eigenvalue weighted by Gasteiger charge is 2.52. The van der Waals surface area contributed by atoms with E-state index in [1.807, 2.05) is 0 Å². The molecule has 0 aromatic carbocycles. The molecular weight excluding hydrogens is 465 g/mol. The number of carbonyl (C=O) groups excluding carboxylic acids is 1. The maximum atomic E-state index is 13.5. The molecule has 190 valence electrons. The van der Waals surface area contributed by atoms with Crippen LogP contribution in [0.3, 0.4) is 0 Å². The Hall–Kier alpha value is -2.38. The molecule has 4 N–H and O–H groups in total. The molecule has 0 spiro atoms. The smallest absolute Gasteiger partial charge is 0.384 e. The second-order valence-corrected chi connectivity index (χ2v) is 9.20. The molecule has 2 heterocycles. The minimum Gasteiger partial charge on any atom is -0.384 e. The fraction of sp³-hybridized carbons (Fsp3) is 0.667. The van der Waals surface area contributed by atoms with Crippen LogP contribution in [-0.4, -0.2) is 58.5 Å². The van der Waals surface area contributed by atoms with Gasteiger partial charge < -0.3 is 20.9 Å². The molecule has 8 nitrogen and oxygen atoms in total. The number of hydrogen-bond donors (Lipinski definition) is 2. The van der Waals surface area contributed by atoms with Crippen molar-refractivity contribution >= 4 is 11.6 Å². The van der Waals surface area contributed by atoms with Gasteiger partial charge in [0.25, 0.3) is 0 Å². The summed E-state index contributed by atoms with van der Waals surface area (Å²) in [6.45, 7) is 1.41. The quantitative estimate of drug-likeness (QED) is 0.492. The summed E-state index contributed by atoms with van der Waals surface area (Å²) >= 11 is 0. The molecule has 2 aromatic rings. The van der Waals surface area contributed by atoms with Crippen molar-refractivity contribution in [3.63, 3.8) is 0 Å². The monoisotopic (exact) mass is 493 g/mol. The molecule has 0 radical (unpaired) electrons. The summed E-state index contributed by atoms with van der Waals surface area (Å²) in [6.07, 6.45) is -2.54. The zero-order valence-electron chi connectivity index (χ0n) is 19.0. The van der Waals surface area contributed by atoms with E-state index in [0.29, 0.717) is 11.2 Å². The number of ether oxygens (including phenoxy) is 2. The first-order valence-electron chi connectivity index (χ1n) is 10.6. The number of carbonyl (C=O) groups is 1. The minimum atomic E-state index is -4.57. The van der Waals surface area contributed by atoms with Crippen LogP contribution in [0.1, 0.15) is 49.9 Å². The molecule has 0 saturated heterocycles. The van der Waals surface area contributed by atoms with Gasteiger partial charge in [-0.2, -0.15) is 18.3 Å². The molecule has 34 heavy (non-hydrogen) atoms. The summed E-state index contributed by atoms with van der Waals surface area (Å²) in [6, 6.07) is 0.636. The lowest BCUT2D eigenvalue weighted by Gasteiger charge is -2.41. The number of amides is 1. The summed E-state index contributed by atoms with van der Waals surface area (Å²) in [5.41, 5.74) is 10.2. The van der Waals surface area contributed by atoms with Gasteiger partial charge in [0.2, 0.25) is 11.8 Å². The molecule has 1 aliphatic rings. The third-order valence-electron chi connectivity index (χ3n) is 6.21. The van der Waals surface area contributed by atoms with Gasteiger partial charge in [0.15, 0.2) is 11.2 Å². The van der Waals surface area contributed by atoms with Crippen molar-refractivity contribution in [1.82, 2.24) is 14.6 Å². The van der Waals surface area contributed by atoms with E-state index in [1.165, 1.54) is 24.0 Å². The lowest BCUT2D eigenvalue weighted by molar-refractivity contribution is -0.264. The molecule has 3 atom stereocenters. The van der Waals surface area contributed by atoms with Crippen LogP contribution in [0.2, 0.25) is 0 Å². The van der Waals surface area contributed by atoms with Gasteiger partial charge in [-0.15, -0.1) is 0 Å². The molecule has 0 bridgehead atoms. The Bertz CT molecular complexity index is 1020. The summed E-state index contributed by atoms with van der Waals surface area (Å²) in [4.78, 5) is 16.5. The van der Waals surface area contributed by atoms with E-state index in [2.05, 4.69) is 10.1 Å². The molecule has 1 saturated carbocycles. The van der Waals surface area contributed by atoms with E-state index in [0.717, 1.165) is 13.8 Å². The molecule has 13 heteroatoms. The second-order valence-electron chi connectivity index (χ2n) is 9.20. The number of imidazole rings is 1. The zero-order chi connectivity index (χ0) is 25.5. The van der Waals surface area contributed by atoms with Crippen molar-refractivity contribution < 1.29 is 36.2 Å². The highest BCUT2D eigenvalue weighted by atomic mass is 19.4. The molecule has 1 fully saturated rings. The Labute approximate surface area is 192 Å². The lowest BCUT2D eigenvalue weighted by Crippen LogP contribution is -2.47. The number of nitrogens with two attached hydrogens (primary N) is 2. The normalized spacial score (nSPS) is 19.6. The van der Waals surface area contributed by atoms with Crippen LogP contribution in [-0.2, 0) is 14.3 Å². The number of halogens is 5. The Balaban J connectivity index is 1.83. The summed E-state index contributed by atoms with van der Waals surface area (Å²) < 4.78 is 77.5. The number of aromatic nitrogens is 3. The van der Waals surface area contributed by atoms with Gasteiger partial charge in [-0.25, -0.2) is 18.3 Å². The summed E-state index contributed by atoms with van der Waals surface area (Å²) in [5.74, 6) is -5.65. The third-order valence-corrected chi connectivity index (χ3v) is 6.21. The largest absolute Gasteiger partial charge is 0.416 e. The first-order chi connectivity index (χ1) is 15.6. The van der Waals surface area contributed by atoms with Gasteiger partial charge in [-0.1, -0.05) is 0 Å². The van der Waals surface area contributed by atoms with E-state index in [4.69, 9.17) is 20.9 Å². The lowest BCUT2D eigenvalue weighted by atomic mass is 9.67. The second kappa shape index (κ2) is 9.34. The maximum absolute atomic E-state index is 13.5. The standard InChI is InChI=1S/C21H28F5N5O3/c1-19(2,21(24,25)26)34-10-14(27)15-8-31-16(30-15)4-11(7-29-31)13(9-33-3)17(18(28)32)12-5-20(22,23)6-12/h4,7-8,12-14,17H,5-6,9-10,27H2,1-3H3,(H2,28,32)/t13-,14+,17?/m1/s1. The van der Waals surface area contributed by atoms with Crippen LogP contribution in [0.15, 0.2) is 18.5 Å². The van der Waals surface area contributed by atoms with Gasteiger partial charge in [0.1, 0.15) is 0 Å². The first kappa shape index (κ1) is 26.2. The Morgan fingerprint density at radius 3 is 2.47 bits per heavy atom. The van der Waals surface area contributed by atoms with Crippen molar-refractivity contribution in [2.75, 3.05) is 20.3 Å². The van der Waals surface area contributed by atoms with Crippen LogP contribution in [0.25, 0.3) is 5.65 Å². The number of rotatable bonds is 10. The van der Waals surface area contributed by atoms with Crippen LogP contribution in [0.4, 0.5) is 22.0 Å². The first-order valence-corrected chi connectivity index (χ1v) is 10.6. The third kappa shape index (κ3) is 5.47. The van der Waals surface area contributed by atoms with Crippen LogP contribution in [0, 0.1) is 11.8 Å². The van der Waals surface area contributed by atoms with Crippen LogP contribution in [0.5, 0.6) is 0 Å². The van der Waals surface area contributed by atoms with Crippen LogP contribution >= 0.6 is 0 Å². The average molecular weight is 493 g/mol. The molecule has 3 rings (SSSR count). The fourth-order valence-corrected chi connectivity index (χ4v) is 4.06. The number of hydrogen-bond acceptors (Lipinski definition) is 6. The number of fused-ring (bicyclic) bond motifs is 1. The Morgan fingerprint density at radius 1 is 1.29 bits per heavy atom. The van der Waals surface area contributed by atoms with Crippen molar-refractivity contribution in [3.05, 3.63) is 29.7 Å². The maximum Gasteiger partial charge on any atom is 0.416 e. The molecule has 1 aliphatic carbocycles. The molecule has 2 aromatic heterocycles. The number of primary amides is 1. The minimum absolute atomic E-state index is 0.0426. The summed E-state index contributed by atoms with van der Waals surface area (Å²) in [7, 11) is 1.42. The van der Waals surface area contributed by atoms with E-state index < -0.39 is 66.9 Å². The van der Waals surface area contributed by atoms with Crippen molar-refractivity contribution in [2.45, 2.75) is 56.3 Å². The summed E-state index contributed by atoms with van der Waals surface area (Å²) in [5, 5.41) is 4.23. The van der Waals surface area contributed by atoms with E-state index >= 15 is 0 Å². The van der Waals surface area contributed by atoms with Gasteiger partial charge in [0.05, 0.1) is 43.3 Å². The highest BCUT2D eigenvalue weighted by Crippen LogP contribution is 2.49. The predicted octanol–water partition coefficient (Wildman–Crippen LogP) is 2.96. The highest BCUT2D eigenvalue weighted by molar-refractivity contribution is 5.78. The Kier molecular flexibility index (Phi) is 7.21. The Morgan fingerprint density at radius 2 is 1.94 bits per heavy atom. The fourth-order valence-electron chi connectivity index (χ4n) is 4.06. The van der Waals surface area contributed by atoms with E-state index in [9.17, 15) is 26.7 Å². The van der Waals surface area contributed by atoms with Crippen molar-refractivity contribution in [3.8, 4) is 0 Å². The van der Waals surface area contributed by atoms with E-state index in [-0.39, 0.29) is 12.3 Å². The van der Waals surface area contributed by atoms with Gasteiger partial charge in [-0.05, 0) is 31.4 Å². The van der Waals surface area contributed by atoms with Gasteiger partial charge >= 0.3 is 6.18 Å².